The quantitative estimate of drug-likeness (QED) is 0.895. The van der Waals surface area contributed by atoms with Crippen LogP contribution in [0.25, 0.3) is 0 Å². The van der Waals surface area contributed by atoms with Gasteiger partial charge in [-0.3, -0.25) is 4.79 Å². The van der Waals surface area contributed by atoms with Crippen LogP contribution in [0, 0.1) is 6.92 Å². The lowest BCUT2D eigenvalue weighted by Crippen LogP contribution is -2.22. The molecule has 0 radical (unpaired) electrons. The van der Waals surface area contributed by atoms with E-state index in [0.717, 1.165) is 11.3 Å². The van der Waals surface area contributed by atoms with Crippen LogP contribution in [0.2, 0.25) is 0 Å². The number of carbonyl (C=O) groups is 1. The molecule has 0 saturated carbocycles. The van der Waals surface area contributed by atoms with E-state index in [2.05, 4.69) is 10.5 Å². The number of aromatic nitrogens is 1. The lowest BCUT2D eigenvalue weighted by atomic mass is 10.2. The zero-order valence-electron chi connectivity index (χ0n) is 10.3. The maximum absolute atomic E-state index is 11.7. The summed E-state index contributed by atoms with van der Waals surface area (Å²) >= 11 is 0. The predicted molar refractivity (Wildman–Crippen MR) is 65.4 cm³/mol. The SMILES string of the molecule is COc1ccccc1CNC(=O)c1cc(C)no1. The van der Waals surface area contributed by atoms with Crippen LogP contribution in [0.5, 0.6) is 5.75 Å². The van der Waals surface area contributed by atoms with Crippen molar-refractivity contribution in [3.05, 3.63) is 47.3 Å². The van der Waals surface area contributed by atoms with Crippen LogP contribution >= 0.6 is 0 Å². The largest absolute Gasteiger partial charge is 0.496 e. The summed E-state index contributed by atoms with van der Waals surface area (Å²) in [7, 11) is 1.60. The van der Waals surface area contributed by atoms with Crippen LogP contribution in [-0.2, 0) is 6.54 Å². The van der Waals surface area contributed by atoms with Gasteiger partial charge < -0.3 is 14.6 Å². The van der Waals surface area contributed by atoms with Crippen molar-refractivity contribution in [3.8, 4) is 5.75 Å². The van der Waals surface area contributed by atoms with Gasteiger partial charge in [-0.1, -0.05) is 23.4 Å². The van der Waals surface area contributed by atoms with Crippen molar-refractivity contribution in [1.82, 2.24) is 10.5 Å². The number of methoxy groups -OCH3 is 1. The number of para-hydroxylation sites is 1. The van der Waals surface area contributed by atoms with E-state index in [1.54, 1.807) is 20.1 Å². The lowest BCUT2D eigenvalue weighted by molar-refractivity contribution is 0.0913. The topological polar surface area (TPSA) is 64.4 Å². The molecular weight excluding hydrogens is 232 g/mol. The summed E-state index contributed by atoms with van der Waals surface area (Å²) in [5.41, 5.74) is 1.59. The lowest BCUT2D eigenvalue weighted by Gasteiger charge is -2.08. The molecule has 5 heteroatoms. The maximum atomic E-state index is 11.7. The van der Waals surface area contributed by atoms with Gasteiger partial charge in [0, 0.05) is 18.2 Å². The average molecular weight is 246 g/mol. The highest BCUT2D eigenvalue weighted by atomic mass is 16.5. The molecule has 0 unspecified atom stereocenters. The number of nitrogens with zero attached hydrogens (tertiary/aromatic N) is 1. The standard InChI is InChI=1S/C13H14N2O3/c1-9-7-12(18-15-9)13(16)14-8-10-5-3-4-6-11(10)17-2/h3-7H,8H2,1-2H3,(H,14,16). The van der Waals surface area contributed by atoms with Gasteiger partial charge in [-0.05, 0) is 13.0 Å². The number of hydrogen-bond acceptors (Lipinski definition) is 4. The van der Waals surface area contributed by atoms with E-state index in [1.165, 1.54) is 0 Å². The Hall–Kier alpha value is -2.30. The van der Waals surface area contributed by atoms with Crippen molar-refractivity contribution >= 4 is 5.91 Å². The summed E-state index contributed by atoms with van der Waals surface area (Å²) in [5, 5.41) is 6.42. The molecule has 1 N–H and O–H groups in total. The highest BCUT2D eigenvalue weighted by Crippen LogP contribution is 2.16. The first-order valence-electron chi connectivity index (χ1n) is 5.54. The summed E-state index contributed by atoms with van der Waals surface area (Å²) in [5.74, 6) is 0.662. The molecule has 0 spiro atoms. The first-order valence-corrected chi connectivity index (χ1v) is 5.54. The number of benzene rings is 1. The zero-order chi connectivity index (χ0) is 13.0. The Kier molecular flexibility index (Phi) is 3.62. The highest BCUT2D eigenvalue weighted by Gasteiger charge is 2.11. The number of amides is 1. The zero-order valence-corrected chi connectivity index (χ0v) is 10.3. The molecule has 0 atom stereocenters. The number of aryl methyl sites for hydroxylation is 1. The maximum Gasteiger partial charge on any atom is 0.290 e. The second-order valence-electron chi connectivity index (χ2n) is 3.83. The van der Waals surface area contributed by atoms with Gasteiger partial charge in [0.1, 0.15) is 5.75 Å². The van der Waals surface area contributed by atoms with Gasteiger partial charge in [-0.25, -0.2) is 0 Å². The van der Waals surface area contributed by atoms with Crippen LogP contribution in [0.4, 0.5) is 0 Å². The minimum atomic E-state index is -0.290. The minimum Gasteiger partial charge on any atom is -0.496 e. The van der Waals surface area contributed by atoms with Crippen LogP contribution in [-0.4, -0.2) is 18.2 Å². The van der Waals surface area contributed by atoms with E-state index in [4.69, 9.17) is 9.26 Å². The molecule has 2 rings (SSSR count). The van der Waals surface area contributed by atoms with Gasteiger partial charge in [0.2, 0.25) is 5.76 Å². The van der Waals surface area contributed by atoms with Crippen LogP contribution < -0.4 is 10.1 Å². The normalized spacial score (nSPS) is 10.1. The number of ether oxygens (including phenoxy) is 1. The summed E-state index contributed by atoms with van der Waals surface area (Å²) in [4.78, 5) is 11.7. The fourth-order valence-corrected chi connectivity index (χ4v) is 1.58. The monoisotopic (exact) mass is 246 g/mol. The molecule has 0 aliphatic rings. The van der Waals surface area contributed by atoms with Crippen molar-refractivity contribution < 1.29 is 14.1 Å². The smallest absolute Gasteiger partial charge is 0.290 e. The van der Waals surface area contributed by atoms with Crippen molar-refractivity contribution in [1.29, 1.82) is 0 Å². The molecule has 0 aliphatic heterocycles. The first-order chi connectivity index (χ1) is 8.70. The minimum absolute atomic E-state index is 0.211. The Bertz CT molecular complexity index is 549. The number of carbonyl (C=O) groups excluding carboxylic acids is 1. The molecule has 0 fully saturated rings. The molecule has 1 aromatic heterocycles. The number of hydrogen-bond donors (Lipinski definition) is 1. The predicted octanol–water partition coefficient (Wildman–Crippen LogP) is 1.92. The molecule has 1 heterocycles. The van der Waals surface area contributed by atoms with Gasteiger partial charge in [0.25, 0.3) is 5.91 Å². The second kappa shape index (κ2) is 5.35. The Balaban J connectivity index is 2.01. The fourth-order valence-electron chi connectivity index (χ4n) is 1.58. The Labute approximate surface area is 105 Å². The molecule has 0 saturated heterocycles. The number of rotatable bonds is 4. The van der Waals surface area contributed by atoms with Gasteiger partial charge in [0.05, 0.1) is 12.8 Å². The Morgan fingerprint density at radius 2 is 2.22 bits per heavy atom. The molecule has 18 heavy (non-hydrogen) atoms. The van der Waals surface area contributed by atoms with Crippen molar-refractivity contribution in [2.75, 3.05) is 7.11 Å². The molecule has 0 bridgehead atoms. The van der Waals surface area contributed by atoms with Gasteiger partial charge >= 0.3 is 0 Å². The van der Waals surface area contributed by atoms with Gasteiger partial charge in [-0.15, -0.1) is 0 Å². The molecule has 5 nitrogen and oxygen atoms in total. The van der Waals surface area contributed by atoms with E-state index in [0.29, 0.717) is 12.2 Å². The van der Waals surface area contributed by atoms with Gasteiger partial charge in [-0.2, -0.15) is 0 Å². The van der Waals surface area contributed by atoms with E-state index < -0.39 is 0 Å². The summed E-state index contributed by atoms with van der Waals surface area (Å²) < 4.78 is 10.1. The third kappa shape index (κ3) is 2.68. The summed E-state index contributed by atoms with van der Waals surface area (Å²) in [6.07, 6.45) is 0. The Morgan fingerprint density at radius 1 is 1.44 bits per heavy atom. The van der Waals surface area contributed by atoms with E-state index in [1.807, 2.05) is 24.3 Å². The highest BCUT2D eigenvalue weighted by molar-refractivity contribution is 5.91. The number of nitrogens with one attached hydrogen (secondary N) is 1. The second-order valence-corrected chi connectivity index (χ2v) is 3.83. The fraction of sp³-hybridized carbons (Fsp3) is 0.231. The molecule has 1 amide bonds. The molecule has 0 aliphatic carbocycles. The van der Waals surface area contributed by atoms with E-state index in [-0.39, 0.29) is 11.7 Å². The average Bonchev–Trinajstić information content (AvgIpc) is 2.83. The van der Waals surface area contributed by atoms with Crippen LogP contribution in [0.3, 0.4) is 0 Å². The molecule has 94 valence electrons. The third-order valence-electron chi connectivity index (χ3n) is 2.48. The Morgan fingerprint density at radius 3 is 2.89 bits per heavy atom. The first kappa shape index (κ1) is 12.2. The van der Waals surface area contributed by atoms with Crippen molar-refractivity contribution in [2.24, 2.45) is 0 Å². The third-order valence-corrected chi connectivity index (χ3v) is 2.48. The molecule has 2 aromatic rings. The van der Waals surface area contributed by atoms with E-state index >= 15 is 0 Å². The summed E-state index contributed by atoms with van der Waals surface area (Å²) in [6, 6.07) is 9.11. The molecular formula is C13H14N2O3. The molecule has 1 aromatic carbocycles. The van der Waals surface area contributed by atoms with Crippen LogP contribution in [0.1, 0.15) is 21.8 Å². The van der Waals surface area contributed by atoms with Gasteiger partial charge in [0.15, 0.2) is 0 Å². The van der Waals surface area contributed by atoms with Crippen LogP contribution in [0.15, 0.2) is 34.9 Å². The van der Waals surface area contributed by atoms with Crippen molar-refractivity contribution in [2.45, 2.75) is 13.5 Å². The van der Waals surface area contributed by atoms with E-state index in [9.17, 15) is 4.79 Å². The van der Waals surface area contributed by atoms with Crippen molar-refractivity contribution in [3.63, 3.8) is 0 Å². The summed E-state index contributed by atoms with van der Waals surface area (Å²) in [6.45, 7) is 2.14.